The van der Waals surface area contributed by atoms with Crippen molar-refractivity contribution < 1.29 is 23.2 Å². The van der Waals surface area contributed by atoms with Gasteiger partial charge in [0.05, 0.1) is 13.1 Å². The van der Waals surface area contributed by atoms with E-state index in [1.54, 1.807) is 24.3 Å². The van der Waals surface area contributed by atoms with Crippen molar-refractivity contribution in [1.29, 1.82) is 0 Å². The van der Waals surface area contributed by atoms with Crippen molar-refractivity contribution in [1.82, 2.24) is 15.5 Å². The molecular formula is C23H19ClFN3O4. The van der Waals surface area contributed by atoms with Crippen molar-refractivity contribution in [3.8, 4) is 0 Å². The van der Waals surface area contributed by atoms with Gasteiger partial charge in [-0.1, -0.05) is 17.7 Å². The number of piperidine rings is 1. The molecule has 9 heteroatoms. The summed E-state index contributed by atoms with van der Waals surface area (Å²) >= 11 is 6.00. The number of hydrogen-bond acceptors (Lipinski definition) is 5. The summed E-state index contributed by atoms with van der Waals surface area (Å²) in [5.41, 5.74) is 1.67. The number of imide groups is 1. The molecule has 2 N–H and O–H groups in total. The van der Waals surface area contributed by atoms with Crippen LogP contribution in [0.15, 0.2) is 40.8 Å². The predicted molar refractivity (Wildman–Crippen MR) is 114 cm³/mol. The summed E-state index contributed by atoms with van der Waals surface area (Å²) in [4.78, 5) is 37.6. The largest absolute Gasteiger partial charge is 0.460 e. The molecule has 2 aromatic carbocycles. The fourth-order valence-corrected chi connectivity index (χ4v) is 4.45. The number of benzene rings is 2. The van der Waals surface area contributed by atoms with E-state index in [0.29, 0.717) is 22.9 Å². The van der Waals surface area contributed by atoms with Gasteiger partial charge in [0.1, 0.15) is 23.2 Å². The predicted octanol–water partition coefficient (Wildman–Crippen LogP) is 3.28. The first-order valence-corrected chi connectivity index (χ1v) is 10.6. The molecule has 3 amide bonds. The first-order valence-electron chi connectivity index (χ1n) is 10.2. The van der Waals surface area contributed by atoms with E-state index < -0.39 is 23.7 Å². The van der Waals surface area contributed by atoms with Gasteiger partial charge < -0.3 is 14.6 Å². The summed E-state index contributed by atoms with van der Waals surface area (Å²) in [6, 6.07) is 9.64. The third-order valence-corrected chi connectivity index (χ3v) is 6.11. The topological polar surface area (TPSA) is 91.7 Å². The summed E-state index contributed by atoms with van der Waals surface area (Å²) in [7, 11) is 0. The number of rotatable bonds is 5. The first-order chi connectivity index (χ1) is 15.4. The van der Waals surface area contributed by atoms with Crippen LogP contribution in [0.1, 0.15) is 40.1 Å². The lowest BCUT2D eigenvalue weighted by atomic mass is 10.0. The van der Waals surface area contributed by atoms with Crippen LogP contribution in [0.4, 0.5) is 4.39 Å². The Morgan fingerprint density at radius 2 is 2.00 bits per heavy atom. The number of fused-ring (bicyclic) bond motifs is 2. The molecule has 7 nitrogen and oxygen atoms in total. The molecule has 164 valence electrons. The zero-order chi connectivity index (χ0) is 22.4. The Kier molecular flexibility index (Phi) is 5.19. The molecule has 5 rings (SSSR count). The number of halogens is 2. The second-order valence-electron chi connectivity index (χ2n) is 7.96. The highest BCUT2D eigenvalue weighted by Gasteiger charge is 2.40. The average molecular weight is 456 g/mol. The molecule has 3 aromatic rings. The third kappa shape index (κ3) is 3.65. The molecule has 32 heavy (non-hydrogen) atoms. The highest BCUT2D eigenvalue weighted by Crippen LogP contribution is 2.31. The fraction of sp³-hybridized carbons (Fsp3) is 0.261. The van der Waals surface area contributed by atoms with Gasteiger partial charge >= 0.3 is 0 Å². The molecule has 1 unspecified atom stereocenters. The molecule has 0 saturated carbocycles. The van der Waals surface area contributed by atoms with Crippen molar-refractivity contribution >= 4 is 40.3 Å². The van der Waals surface area contributed by atoms with Crippen LogP contribution in [0.5, 0.6) is 0 Å². The summed E-state index contributed by atoms with van der Waals surface area (Å²) in [5, 5.41) is 6.92. The van der Waals surface area contributed by atoms with Gasteiger partial charge in [-0.3, -0.25) is 19.7 Å². The summed E-state index contributed by atoms with van der Waals surface area (Å²) in [6.45, 7) is 0.637. The molecule has 2 aliphatic heterocycles. The fourth-order valence-electron chi connectivity index (χ4n) is 4.27. The minimum absolute atomic E-state index is 0.00441. The monoisotopic (exact) mass is 455 g/mol. The standard InChI is InChI=1S/C23H19ClFN3O4/c24-14-2-5-19-13(7-14)8-15(32-19)10-26-9-12-1-3-16-17(21(12)25)11-28(23(16)31)18-4-6-20(29)27-22(18)30/h1-3,5,7-8,18,26H,4,6,9-11H2,(H,27,29,30). The van der Waals surface area contributed by atoms with Crippen molar-refractivity contribution in [2.24, 2.45) is 0 Å². The van der Waals surface area contributed by atoms with Crippen LogP contribution in [0.2, 0.25) is 5.02 Å². The maximum absolute atomic E-state index is 15.2. The Balaban J connectivity index is 1.28. The van der Waals surface area contributed by atoms with Gasteiger partial charge in [-0.2, -0.15) is 0 Å². The summed E-state index contributed by atoms with van der Waals surface area (Å²) in [6.07, 6.45) is 0.394. The van der Waals surface area contributed by atoms with E-state index in [1.165, 1.54) is 4.90 Å². The molecule has 0 aliphatic carbocycles. The molecule has 1 atom stereocenters. The van der Waals surface area contributed by atoms with Crippen LogP contribution in [0, 0.1) is 5.82 Å². The van der Waals surface area contributed by atoms with Crippen molar-refractivity contribution in [3.05, 3.63) is 69.7 Å². The van der Waals surface area contributed by atoms with Gasteiger partial charge in [-0.15, -0.1) is 0 Å². The number of carbonyl (C=O) groups excluding carboxylic acids is 3. The minimum atomic E-state index is -0.768. The number of amides is 3. The maximum Gasteiger partial charge on any atom is 0.255 e. The SMILES string of the molecule is O=C1CCC(N2Cc3c(ccc(CNCc4cc5cc(Cl)ccc5o4)c3F)C2=O)C(=O)N1. The third-order valence-electron chi connectivity index (χ3n) is 5.87. The van der Waals surface area contributed by atoms with Crippen molar-refractivity contribution in [2.45, 2.75) is 38.5 Å². The molecule has 0 spiro atoms. The number of hydrogen-bond donors (Lipinski definition) is 2. The van der Waals surface area contributed by atoms with Gasteiger partial charge in [0.15, 0.2) is 0 Å². The number of furan rings is 1. The Morgan fingerprint density at radius 1 is 1.16 bits per heavy atom. The van der Waals surface area contributed by atoms with Crippen LogP contribution >= 0.6 is 11.6 Å². The molecule has 0 radical (unpaired) electrons. The second kappa shape index (κ2) is 8.03. The molecule has 1 saturated heterocycles. The first kappa shape index (κ1) is 20.7. The number of nitrogens with one attached hydrogen (secondary N) is 2. The summed E-state index contributed by atoms with van der Waals surface area (Å²) < 4.78 is 20.9. The Morgan fingerprint density at radius 3 is 2.81 bits per heavy atom. The lowest BCUT2D eigenvalue weighted by Crippen LogP contribution is -2.52. The number of nitrogens with zero attached hydrogens (tertiary/aromatic N) is 1. The zero-order valence-electron chi connectivity index (χ0n) is 16.9. The Hall–Kier alpha value is -3.23. The lowest BCUT2D eigenvalue weighted by molar-refractivity contribution is -0.136. The van der Waals surface area contributed by atoms with E-state index in [9.17, 15) is 14.4 Å². The average Bonchev–Trinajstić information content (AvgIpc) is 3.30. The van der Waals surface area contributed by atoms with Crippen LogP contribution in [-0.2, 0) is 29.2 Å². The highest BCUT2D eigenvalue weighted by molar-refractivity contribution is 6.31. The van der Waals surface area contributed by atoms with E-state index in [0.717, 1.165) is 11.0 Å². The lowest BCUT2D eigenvalue weighted by Gasteiger charge is -2.29. The van der Waals surface area contributed by atoms with Crippen molar-refractivity contribution in [3.63, 3.8) is 0 Å². The Labute approximate surface area is 187 Å². The van der Waals surface area contributed by atoms with E-state index >= 15 is 4.39 Å². The van der Waals surface area contributed by atoms with E-state index in [1.807, 2.05) is 12.1 Å². The molecule has 3 heterocycles. The van der Waals surface area contributed by atoms with Crippen molar-refractivity contribution in [2.75, 3.05) is 0 Å². The normalized spacial score (nSPS) is 18.4. The Bertz CT molecular complexity index is 1270. The van der Waals surface area contributed by atoms with Crippen LogP contribution in [0.25, 0.3) is 11.0 Å². The highest BCUT2D eigenvalue weighted by atomic mass is 35.5. The quantitative estimate of drug-likeness (QED) is 0.576. The smallest absolute Gasteiger partial charge is 0.255 e. The molecule has 1 aromatic heterocycles. The molecule has 2 aliphatic rings. The van der Waals surface area contributed by atoms with E-state index in [-0.39, 0.29) is 43.0 Å². The second-order valence-corrected chi connectivity index (χ2v) is 8.40. The van der Waals surface area contributed by atoms with Gasteiger partial charge in [0.25, 0.3) is 5.91 Å². The van der Waals surface area contributed by atoms with Gasteiger partial charge in [0, 0.05) is 40.1 Å². The van der Waals surface area contributed by atoms with Gasteiger partial charge in [0.2, 0.25) is 11.8 Å². The van der Waals surface area contributed by atoms with Crippen LogP contribution < -0.4 is 10.6 Å². The molecule has 1 fully saturated rings. The van der Waals surface area contributed by atoms with Crippen LogP contribution in [0.3, 0.4) is 0 Å². The minimum Gasteiger partial charge on any atom is -0.460 e. The van der Waals surface area contributed by atoms with E-state index in [2.05, 4.69) is 10.6 Å². The number of carbonyl (C=O) groups is 3. The van der Waals surface area contributed by atoms with E-state index in [4.69, 9.17) is 16.0 Å². The molecular weight excluding hydrogens is 437 g/mol. The molecule has 0 bridgehead atoms. The van der Waals surface area contributed by atoms with Gasteiger partial charge in [-0.05, 0) is 36.8 Å². The van der Waals surface area contributed by atoms with Crippen LogP contribution in [-0.4, -0.2) is 28.7 Å². The zero-order valence-corrected chi connectivity index (χ0v) is 17.7. The van der Waals surface area contributed by atoms with Gasteiger partial charge in [-0.25, -0.2) is 4.39 Å². The maximum atomic E-state index is 15.2. The summed E-state index contributed by atoms with van der Waals surface area (Å²) in [5.74, 6) is -1.04.